The molecule has 2 aromatic rings. The van der Waals surface area contributed by atoms with Gasteiger partial charge in [-0.15, -0.1) is 0 Å². The van der Waals surface area contributed by atoms with Crippen LogP contribution >= 0.6 is 0 Å². The van der Waals surface area contributed by atoms with Gasteiger partial charge in [0.05, 0.1) is 25.6 Å². The molecule has 1 saturated heterocycles. The van der Waals surface area contributed by atoms with Crippen LogP contribution in [0.25, 0.3) is 11.2 Å². The second-order valence-corrected chi connectivity index (χ2v) is 5.16. The van der Waals surface area contributed by atoms with Crippen LogP contribution in [0.3, 0.4) is 0 Å². The topological polar surface area (TPSA) is 160 Å². The molecule has 0 spiro atoms. The fourth-order valence-electron chi connectivity index (χ4n) is 2.73. The summed E-state index contributed by atoms with van der Waals surface area (Å²) >= 11 is 0. The average molecular weight is 311 g/mol. The summed E-state index contributed by atoms with van der Waals surface area (Å²) in [6, 6.07) is 0. The molecular formula is C12H17N5O5. The number of nitrogen functional groups attached to an aromatic ring is 1. The molecule has 3 heterocycles. The minimum Gasteiger partial charge on any atom is -0.396 e. The second-order valence-electron chi connectivity index (χ2n) is 5.16. The number of hydrogen-bond donors (Lipinski definition) is 5. The Morgan fingerprint density at radius 3 is 2.77 bits per heavy atom. The Labute approximate surface area is 124 Å². The van der Waals surface area contributed by atoms with Crippen molar-refractivity contribution < 1.29 is 25.2 Å². The van der Waals surface area contributed by atoms with Crippen LogP contribution in [0.1, 0.15) is 6.23 Å². The van der Waals surface area contributed by atoms with E-state index in [1.54, 1.807) is 0 Å². The molecule has 1 fully saturated rings. The highest BCUT2D eigenvalue weighted by Crippen LogP contribution is 2.36. The summed E-state index contributed by atoms with van der Waals surface area (Å²) in [5.41, 5.74) is 6.44. The summed E-state index contributed by atoms with van der Waals surface area (Å²) in [5, 5.41) is 38.6. The van der Waals surface area contributed by atoms with Crippen molar-refractivity contribution in [1.29, 1.82) is 0 Å². The monoisotopic (exact) mass is 311 g/mol. The fourth-order valence-corrected chi connectivity index (χ4v) is 2.73. The van der Waals surface area contributed by atoms with Gasteiger partial charge in [0.15, 0.2) is 17.7 Å². The van der Waals surface area contributed by atoms with Crippen LogP contribution in [-0.4, -0.2) is 71.5 Å². The number of ether oxygens (including phenoxy) is 1. The highest BCUT2D eigenvalue weighted by Gasteiger charge is 2.47. The second kappa shape index (κ2) is 5.74. The molecule has 2 aromatic heterocycles. The first kappa shape index (κ1) is 15.1. The Morgan fingerprint density at radius 1 is 1.32 bits per heavy atom. The zero-order chi connectivity index (χ0) is 15.9. The summed E-state index contributed by atoms with van der Waals surface area (Å²) in [4.78, 5) is 12.0. The lowest BCUT2D eigenvalue weighted by atomic mass is 9.95. The SMILES string of the molecule is Nc1ncnc2c1ncn2C1OC(C(O)CO)C(CO)C1O. The van der Waals surface area contributed by atoms with Crippen molar-refractivity contribution in [3.63, 3.8) is 0 Å². The maximum atomic E-state index is 10.4. The van der Waals surface area contributed by atoms with Crippen molar-refractivity contribution in [3.8, 4) is 0 Å². The summed E-state index contributed by atoms with van der Waals surface area (Å²) < 4.78 is 7.09. The Bertz CT molecular complexity index is 664. The first-order chi connectivity index (χ1) is 10.6. The Hall–Kier alpha value is -1.85. The van der Waals surface area contributed by atoms with Crippen LogP contribution < -0.4 is 5.73 Å². The lowest BCUT2D eigenvalue weighted by Gasteiger charge is -2.21. The predicted octanol–water partition coefficient (Wildman–Crippen LogP) is -2.37. The van der Waals surface area contributed by atoms with Gasteiger partial charge in [0, 0.05) is 5.92 Å². The van der Waals surface area contributed by atoms with Crippen molar-refractivity contribution in [2.24, 2.45) is 5.92 Å². The van der Waals surface area contributed by atoms with Gasteiger partial charge < -0.3 is 30.9 Å². The molecule has 1 aliphatic rings. The minimum absolute atomic E-state index is 0.196. The van der Waals surface area contributed by atoms with Gasteiger partial charge in [-0.05, 0) is 0 Å². The zero-order valence-corrected chi connectivity index (χ0v) is 11.5. The molecule has 22 heavy (non-hydrogen) atoms. The highest BCUT2D eigenvalue weighted by molar-refractivity contribution is 5.81. The molecule has 10 nitrogen and oxygen atoms in total. The van der Waals surface area contributed by atoms with Gasteiger partial charge in [-0.1, -0.05) is 0 Å². The van der Waals surface area contributed by atoms with Gasteiger partial charge in [0.25, 0.3) is 0 Å². The van der Waals surface area contributed by atoms with E-state index in [2.05, 4.69) is 15.0 Å². The number of aromatic nitrogens is 4. The first-order valence-corrected chi connectivity index (χ1v) is 6.74. The lowest BCUT2D eigenvalue weighted by Crippen LogP contribution is -2.38. The van der Waals surface area contributed by atoms with E-state index in [0.29, 0.717) is 11.2 Å². The summed E-state index contributed by atoms with van der Waals surface area (Å²) in [7, 11) is 0. The van der Waals surface area contributed by atoms with Gasteiger partial charge in [0.1, 0.15) is 24.1 Å². The van der Waals surface area contributed by atoms with Crippen LogP contribution in [-0.2, 0) is 4.74 Å². The Morgan fingerprint density at radius 2 is 2.09 bits per heavy atom. The molecule has 0 aliphatic carbocycles. The first-order valence-electron chi connectivity index (χ1n) is 6.74. The smallest absolute Gasteiger partial charge is 0.167 e. The summed E-state index contributed by atoms with van der Waals surface area (Å²) in [6.07, 6.45) is -1.49. The third kappa shape index (κ3) is 2.21. The van der Waals surface area contributed by atoms with Crippen molar-refractivity contribution in [2.75, 3.05) is 18.9 Å². The molecule has 5 unspecified atom stereocenters. The fraction of sp³-hybridized carbons (Fsp3) is 0.583. The molecule has 0 amide bonds. The Balaban J connectivity index is 1.98. The van der Waals surface area contributed by atoms with Gasteiger partial charge in [-0.25, -0.2) is 15.0 Å². The molecule has 0 aromatic carbocycles. The van der Waals surface area contributed by atoms with E-state index in [9.17, 15) is 15.3 Å². The number of nitrogens with zero attached hydrogens (tertiary/aromatic N) is 4. The van der Waals surface area contributed by atoms with E-state index in [1.165, 1.54) is 17.2 Å². The molecule has 5 atom stereocenters. The molecule has 3 rings (SSSR count). The van der Waals surface area contributed by atoms with Gasteiger partial charge in [-0.3, -0.25) is 4.57 Å². The van der Waals surface area contributed by atoms with E-state index < -0.39 is 43.7 Å². The largest absolute Gasteiger partial charge is 0.396 e. The number of fused-ring (bicyclic) bond motifs is 1. The number of imidazole rings is 1. The quantitative estimate of drug-likeness (QED) is 0.415. The van der Waals surface area contributed by atoms with Crippen molar-refractivity contribution in [2.45, 2.75) is 24.5 Å². The summed E-state index contributed by atoms with van der Waals surface area (Å²) in [5.74, 6) is -0.550. The molecule has 0 bridgehead atoms. The highest BCUT2D eigenvalue weighted by atomic mass is 16.5. The van der Waals surface area contributed by atoms with Crippen LogP contribution in [0.15, 0.2) is 12.7 Å². The van der Waals surface area contributed by atoms with Crippen LogP contribution in [0, 0.1) is 5.92 Å². The van der Waals surface area contributed by atoms with E-state index in [4.69, 9.17) is 15.6 Å². The van der Waals surface area contributed by atoms with Crippen molar-refractivity contribution >= 4 is 17.0 Å². The molecule has 1 aliphatic heterocycles. The normalized spacial score (nSPS) is 30.0. The lowest BCUT2D eigenvalue weighted by molar-refractivity contribution is -0.0908. The minimum atomic E-state index is -1.22. The Kier molecular flexibility index (Phi) is 3.93. The average Bonchev–Trinajstić information content (AvgIpc) is 3.08. The molecule has 120 valence electrons. The van der Waals surface area contributed by atoms with E-state index in [0.717, 1.165) is 0 Å². The number of aliphatic hydroxyl groups is 4. The van der Waals surface area contributed by atoms with Gasteiger partial charge in [0.2, 0.25) is 0 Å². The number of aliphatic hydroxyl groups excluding tert-OH is 4. The van der Waals surface area contributed by atoms with E-state index in [-0.39, 0.29) is 5.82 Å². The molecule has 10 heteroatoms. The zero-order valence-electron chi connectivity index (χ0n) is 11.5. The summed E-state index contributed by atoms with van der Waals surface area (Å²) in [6.45, 7) is -0.941. The maximum Gasteiger partial charge on any atom is 0.167 e. The maximum absolute atomic E-state index is 10.4. The third-order valence-corrected chi connectivity index (χ3v) is 3.89. The molecule has 6 N–H and O–H groups in total. The molecule has 0 saturated carbocycles. The predicted molar refractivity (Wildman–Crippen MR) is 73.3 cm³/mol. The van der Waals surface area contributed by atoms with E-state index in [1.807, 2.05) is 0 Å². The molecule has 0 radical (unpaired) electrons. The number of rotatable bonds is 4. The van der Waals surface area contributed by atoms with Crippen LogP contribution in [0.4, 0.5) is 5.82 Å². The number of anilines is 1. The van der Waals surface area contributed by atoms with Crippen molar-refractivity contribution in [3.05, 3.63) is 12.7 Å². The van der Waals surface area contributed by atoms with Crippen molar-refractivity contribution in [1.82, 2.24) is 19.5 Å². The third-order valence-electron chi connectivity index (χ3n) is 3.89. The van der Waals surface area contributed by atoms with Crippen LogP contribution in [0.2, 0.25) is 0 Å². The van der Waals surface area contributed by atoms with Crippen LogP contribution in [0.5, 0.6) is 0 Å². The molecular weight excluding hydrogens is 294 g/mol. The van der Waals surface area contributed by atoms with Gasteiger partial charge >= 0.3 is 0 Å². The van der Waals surface area contributed by atoms with Gasteiger partial charge in [-0.2, -0.15) is 0 Å². The van der Waals surface area contributed by atoms with E-state index >= 15 is 0 Å². The standard InChI is InChI=1S/C12H17N5O5/c13-10-7-11(15-3-14-10)17(4-16-7)12-8(21)5(1-18)9(22-12)6(20)2-19/h3-6,8-9,12,18-21H,1-2H2,(H2,13,14,15). The number of hydrogen-bond acceptors (Lipinski definition) is 9. The number of nitrogens with two attached hydrogens (primary N) is 1.